The lowest BCUT2D eigenvalue weighted by atomic mass is 9.70. The normalized spacial score (nSPS) is 17.6. The maximum absolute atomic E-state index is 5.94. The van der Waals surface area contributed by atoms with Crippen LogP contribution >= 0.6 is 11.6 Å². The fraction of sp³-hybridized carbons (Fsp3) is 0.667. The van der Waals surface area contributed by atoms with E-state index >= 15 is 0 Å². The van der Waals surface area contributed by atoms with Gasteiger partial charge in [0.05, 0.1) is 0 Å². The first-order chi connectivity index (χ1) is 8.11. The lowest BCUT2D eigenvalue weighted by Crippen LogP contribution is -2.33. The van der Waals surface area contributed by atoms with Gasteiger partial charge in [0.15, 0.2) is 5.82 Å². The maximum Gasteiger partial charge on any atom is 0.158 e. The summed E-state index contributed by atoms with van der Waals surface area (Å²) in [6.45, 7) is 3.61. The summed E-state index contributed by atoms with van der Waals surface area (Å²) in [4.78, 5) is 8.44. The number of nitrogens with zero attached hydrogens (tertiary/aromatic N) is 2. The van der Waals surface area contributed by atoms with E-state index in [0.29, 0.717) is 23.0 Å². The molecule has 17 heavy (non-hydrogen) atoms. The summed E-state index contributed by atoms with van der Waals surface area (Å²) in [6.07, 6.45) is 3.89. The third-order valence-corrected chi connectivity index (χ3v) is 3.47. The Kier molecular flexibility index (Phi) is 3.84. The Morgan fingerprint density at radius 1 is 1.47 bits per heavy atom. The predicted molar refractivity (Wildman–Crippen MR) is 68.2 cm³/mol. The Balaban J connectivity index is 1.99. The van der Waals surface area contributed by atoms with Gasteiger partial charge in [-0.25, -0.2) is 9.97 Å². The monoisotopic (exact) mass is 255 g/mol. The van der Waals surface area contributed by atoms with Crippen LogP contribution in [0.2, 0.25) is 5.15 Å². The number of methoxy groups -OCH3 is 1. The van der Waals surface area contributed by atoms with Gasteiger partial charge in [0.1, 0.15) is 17.6 Å². The van der Waals surface area contributed by atoms with E-state index in [1.807, 2.05) is 0 Å². The van der Waals surface area contributed by atoms with Gasteiger partial charge >= 0.3 is 0 Å². The van der Waals surface area contributed by atoms with Crippen molar-refractivity contribution >= 4 is 17.4 Å². The second-order valence-electron chi connectivity index (χ2n) is 4.94. The van der Waals surface area contributed by atoms with Crippen LogP contribution in [0.5, 0.6) is 0 Å². The Morgan fingerprint density at radius 3 is 2.82 bits per heavy atom. The first-order valence-electron chi connectivity index (χ1n) is 5.88. The molecule has 0 bridgehead atoms. The number of nitrogens with one attached hydrogen (secondary N) is 1. The van der Waals surface area contributed by atoms with Crippen molar-refractivity contribution < 1.29 is 4.74 Å². The van der Waals surface area contributed by atoms with E-state index in [-0.39, 0.29) is 0 Å². The highest BCUT2D eigenvalue weighted by Crippen LogP contribution is 2.40. The Labute approximate surface area is 107 Å². The van der Waals surface area contributed by atoms with Crippen LogP contribution in [0.25, 0.3) is 0 Å². The first-order valence-corrected chi connectivity index (χ1v) is 6.25. The van der Waals surface area contributed by atoms with Gasteiger partial charge in [-0.15, -0.1) is 0 Å². The van der Waals surface area contributed by atoms with Gasteiger partial charge in [-0.05, 0) is 18.3 Å². The standard InChI is InChI=1S/C12H18ClN3O/c1-12(4-3-5-12)8-14-10-6-9(13)15-11(16-10)7-17-2/h6H,3-5,7-8H2,1-2H3,(H,14,15,16). The average molecular weight is 256 g/mol. The van der Waals surface area contributed by atoms with Crippen LogP contribution in [0.15, 0.2) is 6.07 Å². The molecule has 0 aromatic carbocycles. The van der Waals surface area contributed by atoms with Crippen molar-refractivity contribution in [3.63, 3.8) is 0 Å². The minimum absolute atomic E-state index is 0.381. The SMILES string of the molecule is COCc1nc(Cl)cc(NCC2(C)CCC2)n1. The number of aromatic nitrogens is 2. The summed E-state index contributed by atoms with van der Waals surface area (Å²) < 4.78 is 5.00. The molecule has 1 aromatic rings. The largest absolute Gasteiger partial charge is 0.377 e. The summed E-state index contributed by atoms with van der Waals surface area (Å²) in [7, 11) is 1.62. The Morgan fingerprint density at radius 2 is 2.24 bits per heavy atom. The first kappa shape index (κ1) is 12.6. The van der Waals surface area contributed by atoms with Crippen molar-refractivity contribution in [3.05, 3.63) is 17.0 Å². The number of anilines is 1. The van der Waals surface area contributed by atoms with Crippen LogP contribution in [0.4, 0.5) is 5.82 Å². The highest BCUT2D eigenvalue weighted by Gasteiger charge is 2.31. The van der Waals surface area contributed by atoms with Gasteiger partial charge in [-0.2, -0.15) is 0 Å². The molecule has 94 valence electrons. The number of hydrogen-bond acceptors (Lipinski definition) is 4. The Hall–Kier alpha value is -0.870. The molecule has 1 aliphatic carbocycles. The minimum Gasteiger partial charge on any atom is -0.377 e. The van der Waals surface area contributed by atoms with Crippen LogP contribution in [-0.2, 0) is 11.3 Å². The van der Waals surface area contributed by atoms with Crippen LogP contribution in [-0.4, -0.2) is 23.6 Å². The molecule has 0 unspecified atom stereocenters. The van der Waals surface area contributed by atoms with Gasteiger partial charge in [-0.1, -0.05) is 24.9 Å². The molecule has 1 heterocycles. The van der Waals surface area contributed by atoms with Crippen molar-refractivity contribution in [2.75, 3.05) is 19.0 Å². The van der Waals surface area contributed by atoms with Crippen molar-refractivity contribution in [2.45, 2.75) is 32.8 Å². The zero-order valence-electron chi connectivity index (χ0n) is 10.3. The molecular formula is C12H18ClN3O. The van der Waals surface area contributed by atoms with Gasteiger partial charge in [0, 0.05) is 19.7 Å². The van der Waals surface area contributed by atoms with Crippen molar-refractivity contribution in [1.82, 2.24) is 9.97 Å². The predicted octanol–water partition coefficient (Wildman–Crippen LogP) is 2.88. The quantitative estimate of drug-likeness (QED) is 0.822. The number of rotatable bonds is 5. The van der Waals surface area contributed by atoms with Gasteiger partial charge < -0.3 is 10.1 Å². The zero-order valence-corrected chi connectivity index (χ0v) is 11.0. The van der Waals surface area contributed by atoms with Gasteiger partial charge in [0.25, 0.3) is 0 Å². The second kappa shape index (κ2) is 5.19. The number of hydrogen-bond donors (Lipinski definition) is 1. The lowest BCUT2D eigenvalue weighted by Gasteiger charge is -2.38. The molecule has 2 rings (SSSR count). The minimum atomic E-state index is 0.381. The molecule has 0 amide bonds. The van der Waals surface area contributed by atoms with E-state index in [0.717, 1.165) is 12.4 Å². The van der Waals surface area contributed by atoms with Gasteiger partial charge in [0.2, 0.25) is 0 Å². The van der Waals surface area contributed by atoms with Gasteiger partial charge in [-0.3, -0.25) is 0 Å². The van der Waals surface area contributed by atoms with Crippen molar-refractivity contribution in [3.8, 4) is 0 Å². The van der Waals surface area contributed by atoms with E-state index in [2.05, 4.69) is 22.2 Å². The van der Waals surface area contributed by atoms with Crippen molar-refractivity contribution in [1.29, 1.82) is 0 Å². The fourth-order valence-electron chi connectivity index (χ4n) is 2.01. The highest BCUT2D eigenvalue weighted by molar-refractivity contribution is 6.29. The van der Waals surface area contributed by atoms with Crippen LogP contribution in [0.1, 0.15) is 32.0 Å². The second-order valence-corrected chi connectivity index (χ2v) is 5.33. The molecule has 0 atom stereocenters. The van der Waals surface area contributed by atoms with Crippen LogP contribution < -0.4 is 5.32 Å². The molecule has 1 fully saturated rings. The van der Waals surface area contributed by atoms with Crippen molar-refractivity contribution in [2.24, 2.45) is 5.41 Å². The zero-order chi connectivity index (χ0) is 12.3. The molecular weight excluding hydrogens is 238 g/mol. The molecule has 0 spiro atoms. The average Bonchev–Trinajstić information content (AvgIpc) is 2.23. The Bertz CT molecular complexity index is 393. The molecule has 0 aliphatic heterocycles. The van der Waals surface area contributed by atoms with E-state index in [9.17, 15) is 0 Å². The van der Waals surface area contributed by atoms with Crippen LogP contribution in [0, 0.1) is 5.41 Å². The maximum atomic E-state index is 5.94. The highest BCUT2D eigenvalue weighted by atomic mass is 35.5. The molecule has 0 radical (unpaired) electrons. The molecule has 0 saturated heterocycles. The number of halogens is 1. The van der Waals surface area contributed by atoms with E-state index < -0.39 is 0 Å². The summed E-state index contributed by atoms with van der Waals surface area (Å²) >= 11 is 5.94. The number of ether oxygens (including phenoxy) is 1. The van der Waals surface area contributed by atoms with Crippen LogP contribution in [0.3, 0.4) is 0 Å². The topological polar surface area (TPSA) is 47.0 Å². The third-order valence-electron chi connectivity index (χ3n) is 3.27. The smallest absolute Gasteiger partial charge is 0.158 e. The molecule has 1 saturated carbocycles. The summed E-state index contributed by atoms with van der Waals surface area (Å²) in [6, 6.07) is 1.75. The molecule has 1 aromatic heterocycles. The fourth-order valence-corrected chi connectivity index (χ4v) is 2.21. The van der Waals surface area contributed by atoms with E-state index in [1.54, 1.807) is 13.2 Å². The summed E-state index contributed by atoms with van der Waals surface area (Å²) in [5, 5.41) is 3.79. The van der Waals surface area contributed by atoms with E-state index in [4.69, 9.17) is 16.3 Å². The lowest BCUT2D eigenvalue weighted by molar-refractivity contribution is 0.176. The third kappa shape index (κ3) is 3.30. The molecule has 4 nitrogen and oxygen atoms in total. The molecule has 1 aliphatic rings. The summed E-state index contributed by atoms with van der Waals surface area (Å²) in [5.74, 6) is 1.39. The molecule has 5 heteroatoms. The van der Waals surface area contributed by atoms with E-state index in [1.165, 1.54) is 19.3 Å². The summed E-state index contributed by atoms with van der Waals surface area (Å²) in [5.41, 5.74) is 0.416. The molecule has 1 N–H and O–H groups in total.